The minimum atomic E-state index is -0.641. The molecule has 0 aliphatic carbocycles. The molecule has 1 unspecified atom stereocenters. The zero-order valence-electron chi connectivity index (χ0n) is 18.5. The molecule has 0 radical (unpaired) electrons. The Morgan fingerprint density at radius 2 is 2.12 bits per heavy atom. The van der Waals surface area contributed by atoms with E-state index in [9.17, 15) is 14.8 Å². The maximum Gasteiger partial charge on any atom is 0.190 e. The number of benzene rings is 1. The summed E-state index contributed by atoms with van der Waals surface area (Å²) in [5.74, 6) is 0.0593. The molecular weight excluding hydrogens is 423 g/mol. The summed E-state index contributed by atoms with van der Waals surface area (Å²) in [6, 6.07) is 7.35. The van der Waals surface area contributed by atoms with E-state index in [1.165, 1.54) is 12.1 Å². The molecule has 0 aliphatic rings. The Morgan fingerprint density at radius 3 is 2.79 bits per heavy atom. The van der Waals surface area contributed by atoms with Gasteiger partial charge in [-0.2, -0.15) is 5.26 Å². The average molecular weight is 446 g/mol. The minimum absolute atomic E-state index is 0.118. The van der Waals surface area contributed by atoms with Crippen molar-refractivity contribution >= 4 is 33.6 Å². The molecule has 3 aromatic heterocycles. The van der Waals surface area contributed by atoms with Crippen LogP contribution >= 0.6 is 0 Å². The average Bonchev–Trinajstić information content (AvgIpc) is 3.38. The van der Waals surface area contributed by atoms with Crippen LogP contribution in [-0.4, -0.2) is 49.9 Å². The van der Waals surface area contributed by atoms with Gasteiger partial charge in [0.2, 0.25) is 0 Å². The van der Waals surface area contributed by atoms with Gasteiger partial charge in [0, 0.05) is 31.2 Å². The van der Waals surface area contributed by atoms with Gasteiger partial charge in [-0.1, -0.05) is 0 Å². The van der Waals surface area contributed by atoms with Gasteiger partial charge in [-0.05, 0) is 36.8 Å². The summed E-state index contributed by atoms with van der Waals surface area (Å²) in [5, 5.41) is 26.1. The minimum Gasteiger partial charge on any atom is -0.395 e. The molecule has 10 heteroatoms. The summed E-state index contributed by atoms with van der Waals surface area (Å²) in [6.07, 6.45) is 1.70. The lowest BCUT2D eigenvalue weighted by atomic mass is 10.1. The van der Waals surface area contributed by atoms with E-state index in [0.29, 0.717) is 28.2 Å². The topological polar surface area (TPSA) is 108 Å². The number of aryl methyl sites for hydroxylation is 1. The lowest BCUT2D eigenvalue weighted by Crippen LogP contribution is -2.40. The van der Waals surface area contributed by atoms with Gasteiger partial charge < -0.3 is 19.6 Å². The Hall–Kier alpha value is -3.99. The number of pyridine rings is 1. The first-order chi connectivity index (χ1) is 15.9. The van der Waals surface area contributed by atoms with Gasteiger partial charge in [0.25, 0.3) is 0 Å². The number of rotatable bonds is 7. The molecular formula is C23H23FN8O. The third-order valence-electron chi connectivity index (χ3n) is 5.53. The van der Waals surface area contributed by atoms with Crippen molar-refractivity contribution in [2.24, 2.45) is 7.05 Å². The van der Waals surface area contributed by atoms with Crippen molar-refractivity contribution in [1.29, 1.82) is 5.26 Å². The van der Waals surface area contributed by atoms with Crippen LogP contribution in [-0.2, 0) is 13.6 Å². The smallest absolute Gasteiger partial charge is 0.190 e. The fourth-order valence-electron chi connectivity index (χ4n) is 4.01. The molecule has 4 rings (SSSR count). The molecule has 0 saturated carbocycles. The highest BCUT2D eigenvalue weighted by atomic mass is 19.1. The summed E-state index contributed by atoms with van der Waals surface area (Å²) in [5.41, 5.74) is 3.44. The lowest BCUT2D eigenvalue weighted by molar-refractivity contribution is 0.244. The molecule has 0 bridgehead atoms. The number of hydrogen-bond donors (Lipinski definition) is 3. The number of imidazole rings is 1. The van der Waals surface area contributed by atoms with Crippen molar-refractivity contribution in [1.82, 2.24) is 24.4 Å². The molecule has 168 valence electrons. The number of halogens is 1. The molecule has 33 heavy (non-hydrogen) atoms. The van der Waals surface area contributed by atoms with Crippen LogP contribution in [0.4, 0.5) is 15.9 Å². The number of aliphatic hydroxyl groups excluding tert-OH is 1. The number of nitriles is 1. The molecule has 3 N–H and O–H groups in total. The van der Waals surface area contributed by atoms with Crippen LogP contribution in [0.2, 0.25) is 0 Å². The van der Waals surface area contributed by atoms with E-state index in [2.05, 4.69) is 26.5 Å². The van der Waals surface area contributed by atoms with Gasteiger partial charge in [0.05, 0.1) is 37.6 Å². The maximum absolute atomic E-state index is 14.3. The van der Waals surface area contributed by atoms with Gasteiger partial charge in [0.15, 0.2) is 11.5 Å². The van der Waals surface area contributed by atoms with Crippen LogP contribution in [0.25, 0.3) is 38.2 Å². The number of nitrogens with zero attached hydrogens (tertiary/aromatic N) is 6. The van der Waals surface area contributed by atoms with Crippen molar-refractivity contribution in [3.05, 3.63) is 47.8 Å². The molecule has 9 nitrogen and oxygen atoms in total. The number of anilines is 1. The first kappa shape index (κ1) is 22.2. The molecule has 0 fully saturated rings. The highest BCUT2D eigenvalue weighted by molar-refractivity contribution is 6.07. The summed E-state index contributed by atoms with van der Waals surface area (Å²) >= 11 is 0. The lowest BCUT2D eigenvalue weighted by Gasteiger charge is -2.19. The van der Waals surface area contributed by atoms with E-state index in [-0.39, 0.29) is 24.9 Å². The second-order valence-corrected chi connectivity index (χ2v) is 7.88. The first-order valence-corrected chi connectivity index (χ1v) is 10.4. The monoisotopic (exact) mass is 446 g/mol. The third-order valence-corrected chi connectivity index (χ3v) is 5.53. The largest absolute Gasteiger partial charge is 0.395 e. The van der Waals surface area contributed by atoms with E-state index >= 15 is 0 Å². The molecule has 0 spiro atoms. The predicted octanol–water partition coefficient (Wildman–Crippen LogP) is 3.18. The van der Waals surface area contributed by atoms with Crippen LogP contribution in [0.1, 0.15) is 6.92 Å². The van der Waals surface area contributed by atoms with Crippen LogP contribution in [0.5, 0.6) is 0 Å². The van der Waals surface area contributed by atoms with Gasteiger partial charge >= 0.3 is 0 Å². The molecule has 2 atom stereocenters. The van der Waals surface area contributed by atoms with Crippen molar-refractivity contribution in [2.75, 3.05) is 19.0 Å². The Labute approximate surface area is 189 Å². The van der Waals surface area contributed by atoms with Crippen molar-refractivity contribution in [3.63, 3.8) is 0 Å². The van der Waals surface area contributed by atoms with Gasteiger partial charge in [-0.15, -0.1) is 0 Å². The zero-order chi connectivity index (χ0) is 23.7. The third kappa shape index (κ3) is 3.98. The summed E-state index contributed by atoms with van der Waals surface area (Å²) < 4.78 is 18.1. The fourth-order valence-corrected chi connectivity index (χ4v) is 4.01. The Kier molecular flexibility index (Phi) is 5.97. The number of fused-ring (bicyclic) bond motifs is 3. The molecule has 0 saturated heterocycles. The van der Waals surface area contributed by atoms with E-state index in [1.807, 2.05) is 22.2 Å². The maximum atomic E-state index is 14.3. The van der Waals surface area contributed by atoms with E-state index in [1.54, 1.807) is 26.4 Å². The highest BCUT2D eigenvalue weighted by Crippen LogP contribution is 2.35. The normalized spacial score (nSPS) is 13.1. The van der Waals surface area contributed by atoms with Crippen LogP contribution < -0.4 is 10.6 Å². The first-order valence-electron chi connectivity index (χ1n) is 10.4. The number of hydrogen-bond acceptors (Lipinski definition) is 6. The van der Waals surface area contributed by atoms with Crippen LogP contribution in [0.15, 0.2) is 30.6 Å². The molecule has 0 aliphatic heterocycles. The molecule has 3 heterocycles. The second kappa shape index (κ2) is 8.87. The summed E-state index contributed by atoms with van der Waals surface area (Å²) in [6.45, 7) is 9.17. The van der Waals surface area contributed by atoms with Crippen molar-refractivity contribution in [2.45, 2.75) is 25.6 Å². The Bertz CT molecular complexity index is 1420. The van der Waals surface area contributed by atoms with Gasteiger partial charge in [0.1, 0.15) is 23.0 Å². The van der Waals surface area contributed by atoms with Crippen LogP contribution in [0.3, 0.4) is 0 Å². The number of aliphatic hydroxyl groups is 1. The Balaban J connectivity index is 2.02. The van der Waals surface area contributed by atoms with Crippen molar-refractivity contribution in [3.8, 4) is 17.3 Å². The standard InChI is InChI=1S/C23H23FN8O/c1-13(11-33)29-17(9-25)10-32-19(14-5-15(24)7-16(6-14)26-2)8-18-21-20(28-12-31(21)4)22(27-3)30-23(18)32/h5-8,12-13,17,29,33H,10-11H2,1,3-4H3,(H,27,30)/t13-,17?/m0/s1. The fraction of sp³-hybridized carbons (Fsp3) is 0.304. The summed E-state index contributed by atoms with van der Waals surface area (Å²) in [7, 11) is 3.64. The van der Waals surface area contributed by atoms with Gasteiger partial charge in [-0.3, -0.25) is 5.32 Å². The SMILES string of the molecule is [C-]#[N+]c1cc(F)cc(-c2cc3c4c(ncn4C)c(NC)nc3n2CC(C#N)N[C@@H](C)CO)c1. The predicted molar refractivity (Wildman–Crippen MR) is 124 cm³/mol. The second-order valence-electron chi connectivity index (χ2n) is 7.88. The zero-order valence-corrected chi connectivity index (χ0v) is 18.5. The van der Waals surface area contributed by atoms with E-state index < -0.39 is 11.9 Å². The van der Waals surface area contributed by atoms with E-state index in [0.717, 1.165) is 10.9 Å². The molecule has 4 aromatic rings. The quantitative estimate of drug-likeness (QED) is 0.376. The number of aromatic nitrogens is 4. The molecule has 0 amide bonds. The van der Waals surface area contributed by atoms with Crippen LogP contribution in [0, 0.1) is 23.7 Å². The highest BCUT2D eigenvalue weighted by Gasteiger charge is 2.22. The molecule has 1 aromatic carbocycles. The number of nitrogens with one attached hydrogen (secondary N) is 2. The van der Waals surface area contributed by atoms with E-state index in [4.69, 9.17) is 11.6 Å². The summed E-state index contributed by atoms with van der Waals surface area (Å²) in [4.78, 5) is 12.6. The van der Waals surface area contributed by atoms with Gasteiger partial charge in [-0.25, -0.2) is 19.2 Å². The van der Waals surface area contributed by atoms with Crippen molar-refractivity contribution < 1.29 is 9.50 Å². The Morgan fingerprint density at radius 1 is 1.33 bits per heavy atom.